The molecule has 1 saturated heterocycles. The molecule has 2 N–H and O–H groups in total. The van der Waals surface area contributed by atoms with Crippen molar-refractivity contribution in [3.05, 3.63) is 71.3 Å². The van der Waals surface area contributed by atoms with Crippen LogP contribution in [0.15, 0.2) is 54.6 Å². The zero-order valence-electron chi connectivity index (χ0n) is 20.2. The van der Waals surface area contributed by atoms with Gasteiger partial charge in [0.2, 0.25) is 11.8 Å². The number of nitrogens with zero attached hydrogens (tertiary/aromatic N) is 1. The molecule has 1 aliphatic heterocycles. The van der Waals surface area contributed by atoms with E-state index >= 15 is 0 Å². The Hall–Kier alpha value is -3.06. The van der Waals surface area contributed by atoms with E-state index in [0.717, 1.165) is 45.2 Å². The van der Waals surface area contributed by atoms with Gasteiger partial charge in [-0.05, 0) is 49.8 Å². The standard InChI is InChI=1S/C17H25NO.C7H7NO.C2H6.C2H2/c1-3-4-5-17(19)18-12-10-16(11-13-18)15-8-6-14(2)7-9-15;8-7(9)6-4-2-1-3-5-6;2*1-2/h6-9,16H,3-5,10-13H2,1-2H3;1-5H,(H2,8,9);1-2H3;1-2H. The van der Waals surface area contributed by atoms with E-state index in [2.05, 4.69) is 55.9 Å². The number of benzene rings is 2. The zero-order chi connectivity index (χ0) is 24.4. The number of primary amides is 1. The molecule has 0 aromatic heterocycles. The van der Waals surface area contributed by atoms with E-state index < -0.39 is 0 Å². The molecule has 0 atom stereocenters. The summed E-state index contributed by atoms with van der Waals surface area (Å²) in [7, 11) is 0. The van der Waals surface area contributed by atoms with Crippen LogP contribution in [-0.4, -0.2) is 29.8 Å². The number of carbonyl (C=O) groups excluding carboxylic acids is 2. The van der Waals surface area contributed by atoms with E-state index in [1.165, 1.54) is 11.1 Å². The Labute approximate surface area is 195 Å². The molecule has 1 heterocycles. The Bertz CT molecular complexity index is 774. The number of piperidine rings is 1. The van der Waals surface area contributed by atoms with Gasteiger partial charge in [0.15, 0.2) is 0 Å². The lowest BCUT2D eigenvalue weighted by Gasteiger charge is -2.32. The summed E-state index contributed by atoms with van der Waals surface area (Å²) in [5, 5.41) is 0. The predicted octanol–water partition coefficient (Wildman–Crippen LogP) is 5.95. The normalized spacial score (nSPS) is 12.6. The smallest absolute Gasteiger partial charge is 0.248 e. The highest BCUT2D eigenvalue weighted by atomic mass is 16.2. The summed E-state index contributed by atoms with van der Waals surface area (Å²) in [6, 6.07) is 17.6. The van der Waals surface area contributed by atoms with Crippen molar-refractivity contribution < 1.29 is 9.59 Å². The number of aryl methyl sites for hydroxylation is 1. The minimum atomic E-state index is -0.379. The van der Waals surface area contributed by atoms with Gasteiger partial charge in [-0.2, -0.15) is 0 Å². The Morgan fingerprint density at radius 3 is 1.94 bits per heavy atom. The third-order valence-electron chi connectivity index (χ3n) is 5.20. The molecule has 0 bridgehead atoms. The molecule has 174 valence electrons. The highest BCUT2D eigenvalue weighted by Gasteiger charge is 2.23. The van der Waals surface area contributed by atoms with Crippen LogP contribution in [0.5, 0.6) is 0 Å². The number of unbranched alkanes of at least 4 members (excludes halogenated alkanes) is 1. The molecule has 0 radical (unpaired) electrons. The van der Waals surface area contributed by atoms with Crippen molar-refractivity contribution in [2.45, 2.75) is 65.7 Å². The molecule has 0 saturated carbocycles. The number of carbonyl (C=O) groups is 2. The Morgan fingerprint density at radius 2 is 1.50 bits per heavy atom. The van der Waals surface area contributed by atoms with Crippen LogP contribution in [0.2, 0.25) is 0 Å². The summed E-state index contributed by atoms with van der Waals surface area (Å²) in [4.78, 5) is 24.4. The molecular weight excluding hydrogens is 396 g/mol. The summed E-state index contributed by atoms with van der Waals surface area (Å²) in [6.45, 7) is 10.1. The number of amides is 2. The van der Waals surface area contributed by atoms with Crippen LogP contribution >= 0.6 is 0 Å². The minimum Gasteiger partial charge on any atom is -0.366 e. The van der Waals surface area contributed by atoms with Gasteiger partial charge < -0.3 is 10.6 Å². The average molecular weight is 437 g/mol. The van der Waals surface area contributed by atoms with Gasteiger partial charge >= 0.3 is 0 Å². The molecule has 1 aliphatic rings. The Balaban J connectivity index is 0.000000619. The molecule has 2 aromatic rings. The van der Waals surface area contributed by atoms with Crippen molar-refractivity contribution in [2.24, 2.45) is 5.73 Å². The zero-order valence-corrected chi connectivity index (χ0v) is 20.2. The maximum Gasteiger partial charge on any atom is 0.248 e. The highest BCUT2D eigenvalue weighted by molar-refractivity contribution is 5.92. The third-order valence-corrected chi connectivity index (χ3v) is 5.20. The fourth-order valence-corrected chi connectivity index (χ4v) is 3.39. The van der Waals surface area contributed by atoms with Gasteiger partial charge in [0.25, 0.3) is 0 Å². The highest BCUT2D eigenvalue weighted by Crippen LogP contribution is 2.28. The first kappa shape index (κ1) is 28.9. The first-order chi connectivity index (χ1) is 15.5. The molecule has 2 aromatic carbocycles. The lowest BCUT2D eigenvalue weighted by molar-refractivity contribution is -0.132. The second-order valence-corrected chi connectivity index (χ2v) is 7.40. The number of terminal acetylenes is 1. The molecule has 1 fully saturated rings. The van der Waals surface area contributed by atoms with Gasteiger partial charge in [-0.15, -0.1) is 12.8 Å². The van der Waals surface area contributed by atoms with Crippen molar-refractivity contribution in [1.82, 2.24) is 4.90 Å². The first-order valence-electron chi connectivity index (χ1n) is 11.5. The van der Waals surface area contributed by atoms with Crippen molar-refractivity contribution in [1.29, 1.82) is 0 Å². The number of hydrogen-bond acceptors (Lipinski definition) is 2. The van der Waals surface area contributed by atoms with Gasteiger partial charge in [0, 0.05) is 25.1 Å². The van der Waals surface area contributed by atoms with Crippen LogP contribution in [0.3, 0.4) is 0 Å². The summed E-state index contributed by atoms with van der Waals surface area (Å²) in [5.41, 5.74) is 8.28. The fourth-order valence-electron chi connectivity index (χ4n) is 3.39. The van der Waals surface area contributed by atoms with Gasteiger partial charge in [0.1, 0.15) is 0 Å². The van der Waals surface area contributed by atoms with Crippen LogP contribution in [0.25, 0.3) is 0 Å². The van der Waals surface area contributed by atoms with E-state index in [1.807, 2.05) is 19.9 Å². The molecule has 0 aliphatic carbocycles. The van der Waals surface area contributed by atoms with Gasteiger partial charge in [-0.25, -0.2) is 0 Å². The number of hydrogen-bond donors (Lipinski definition) is 1. The largest absolute Gasteiger partial charge is 0.366 e. The molecule has 4 heteroatoms. The molecule has 2 amide bonds. The summed E-state index contributed by atoms with van der Waals surface area (Å²) in [6.07, 6.45) is 13.1. The van der Waals surface area contributed by atoms with Crippen LogP contribution < -0.4 is 5.73 Å². The molecular formula is C28H40N2O2. The van der Waals surface area contributed by atoms with E-state index in [4.69, 9.17) is 5.73 Å². The van der Waals surface area contributed by atoms with Gasteiger partial charge in [-0.3, -0.25) is 9.59 Å². The van der Waals surface area contributed by atoms with Crippen molar-refractivity contribution in [3.8, 4) is 12.8 Å². The maximum atomic E-state index is 12.0. The van der Waals surface area contributed by atoms with E-state index in [0.29, 0.717) is 17.4 Å². The van der Waals surface area contributed by atoms with E-state index in [9.17, 15) is 9.59 Å². The van der Waals surface area contributed by atoms with E-state index in [-0.39, 0.29) is 5.91 Å². The monoisotopic (exact) mass is 436 g/mol. The number of nitrogens with two attached hydrogens (primary N) is 1. The number of rotatable bonds is 5. The second-order valence-electron chi connectivity index (χ2n) is 7.40. The Morgan fingerprint density at radius 1 is 0.969 bits per heavy atom. The second kappa shape index (κ2) is 17.6. The van der Waals surface area contributed by atoms with Gasteiger partial charge in [0.05, 0.1) is 0 Å². The molecule has 4 nitrogen and oxygen atoms in total. The topological polar surface area (TPSA) is 63.4 Å². The fraction of sp³-hybridized carbons (Fsp3) is 0.429. The maximum absolute atomic E-state index is 12.0. The quantitative estimate of drug-likeness (QED) is 0.588. The molecule has 0 spiro atoms. The lowest BCUT2D eigenvalue weighted by atomic mass is 9.89. The van der Waals surface area contributed by atoms with Gasteiger partial charge in [-0.1, -0.05) is 75.2 Å². The van der Waals surface area contributed by atoms with E-state index in [1.54, 1.807) is 24.3 Å². The first-order valence-corrected chi connectivity index (χ1v) is 11.5. The summed E-state index contributed by atoms with van der Waals surface area (Å²) in [5.74, 6) is 0.607. The number of likely N-dealkylation sites (tertiary alicyclic amines) is 1. The van der Waals surface area contributed by atoms with Crippen LogP contribution in [0, 0.1) is 19.8 Å². The molecule has 32 heavy (non-hydrogen) atoms. The Kier molecular flexibility index (Phi) is 15.9. The van der Waals surface area contributed by atoms with Crippen molar-refractivity contribution >= 4 is 11.8 Å². The lowest BCUT2D eigenvalue weighted by Crippen LogP contribution is -2.37. The average Bonchev–Trinajstić information content (AvgIpc) is 2.86. The van der Waals surface area contributed by atoms with Crippen molar-refractivity contribution in [3.63, 3.8) is 0 Å². The van der Waals surface area contributed by atoms with Crippen LogP contribution in [0.1, 0.15) is 80.3 Å². The molecule has 3 rings (SSSR count). The summed E-state index contributed by atoms with van der Waals surface area (Å²) >= 11 is 0. The van der Waals surface area contributed by atoms with Crippen molar-refractivity contribution in [2.75, 3.05) is 13.1 Å². The molecule has 0 unspecified atom stereocenters. The van der Waals surface area contributed by atoms with Crippen LogP contribution in [0.4, 0.5) is 0 Å². The SMILES string of the molecule is C#C.CC.CCCCC(=O)N1CCC(c2ccc(C)cc2)CC1.NC(=O)c1ccccc1. The van der Waals surface area contributed by atoms with Crippen LogP contribution in [-0.2, 0) is 4.79 Å². The third kappa shape index (κ3) is 10.8. The minimum absolute atomic E-state index is 0.351. The predicted molar refractivity (Wildman–Crippen MR) is 135 cm³/mol. The summed E-state index contributed by atoms with van der Waals surface area (Å²) < 4.78 is 0.